The molecule has 0 aliphatic heterocycles. The molecule has 10 heteroatoms. The van der Waals surface area contributed by atoms with Crippen LogP contribution in [-0.4, -0.2) is 37.1 Å². The first kappa shape index (κ1) is 23.8. The number of unbranched alkanes of at least 4 members (excludes halogenated alkanes) is 1. The van der Waals surface area contributed by atoms with Gasteiger partial charge in [-0.25, -0.2) is 9.82 Å². The predicted molar refractivity (Wildman–Crippen MR) is 116 cm³/mol. The highest BCUT2D eigenvalue weighted by Crippen LogP contribution is 2.19. The van der Waals surface area contributed by atoms with Crippen molar-refractivity contribution in [3.63, 3.8) is 0 Å². The first-order valence-corrected chi connectivity index (χ1v) is 9.86. The Kier molecular flexibility index (Phi) is 9.44. The van der Waals surface area contributed by atoms with Gasteiger partial charge in [0.2, 0.25) is 0 Å². The second kappa shape index (κ2) is 12.3. The van der Waals surface area contributed by atoms with Crippen LogP contribution >= 0.6 is 11.6 Å². The predicted octanol–water partition coefficient (Wildman–Crippen LogP) is 2.86. The largest absolute Gasteiger partial charge is 0.484 e. The summed E-state index contributed by atoms with van der Waals surface area (Å²) in [5.41, 5.74) is 3.06. The molecule has 0 aliphatic rings. The fourth-order valence-corrected chi connectivity index (χ4v) is 2.46. The summed E-state index contributed by atoms with van der Waals surface area (Å²) >= 11 is 5.68. The molecule has 2 rings (SSSR count). The first-order valence-electron chi connectivity index (χ1n) is 9.48. The van der Waals surface area contributed by atoms with E-state index in [4.69, 9.17) is 16.3 Å². The van der Waals surface area contributed by atoms with Crippen molar-refractivity contribution in [1.82, 2.24) is 10.7 Å². The Bertz CT molecular complexity index is 968. The van der Waals surface area contributed by atoms with Crippen LogP contribution in [0.3, 0.4) is 0 Å². The van der Waals surface area contributed by atoms with Crippen LogP contribution in [0.5, 0.6) is 5.75 Å². The van der Waals surface area contributed by atoms with Gasteiger partial charge in [-0.05, 0) is 42.3 Å². The Morgan fingerprint density at radius 2 is 1.97 bits per heavy atom. The molecule has 0 spiro atoms. The number of nitrogens with zero attached hydrogens (tertiary/aromatic N) is 1. The summed E-state index contributed by atoms with van der Waals surface area (Å²) < 4.78 is 18.6. The van der Waals surface area contributed by atoms with Gasteiger partial charge in [-0.2, -0.15) is 5.10 Å². The molecule has 3 N–H and O–H groups in total. The maximum atomic E-state index is 13.2. The number of carbonyl (C=O) groups is 3. The zero-order chi connectivity index (χ0) is 22.6. The van der Waals surface area contributed by atoms with Crippen LogP contribution in [0, 0.1) is 5.82 Å². The number of halogens is 2. The molecular formula is C21H22ClFN4O4. The van der Waals surface area contributed by atoms with Crippen LogP contribution in [0.2, 0.25) is 5.02 Å². The van der Waals surface area contributed by atoms with Gasteiger partial charge in [-0.15, -0.1) is 0 Å². The Morgan fingerprint density at radius 3 is 2.71 bits per heavy atom. The van der Waals surface area contributed by atoms with E-state index in [1.165, 1.54) is 18.3 Å². The molecule has 0 saturated carbocycles. The van der Waals surface area contributed by atoms with Crippen LogP contribution in [-0.2, 0) is 14.4 Å². The fraction of sp³-hybridized carbons (Fsp3) is 0.238. The lowest BCUT2D eigenvalue weighted by Gasteiger charge is -2.08. The molecule has 0 bridgehead atoms. The van der Waals surface area contributed by atoms with E-state index in [0.717, 1.165) is 18.9 Å². The van der Waals surface area contributed by atoms with Gasteiger partial charge in [0.25, 0.3) is 5.91 Å². The van der Waals surface area contributed by atoms with Gasteiger partial charge < -0.3 is 15.4 Å². The second-order valence-electron chi connectivity index (χ2n) is 6.35. The molecule has 3 amide bonds. The van der Waals surface area contributed by atoms with E-state index in [-0.39, 0.29) is 11.6 Å². The third kappa shape index (κ3) is 8.43. The van der Waals surface area contributed by atoms with Crippen LogP contribution in [0.15, 0.2) is 47.6 Å². The van der Waals surface area contributed by atoms with E-state index >= 15 is 0 Å². The van der Waals surface area contributed by atoms with E-state index in [2.05, 4.69) is 21.2 Å². The van der Waals surface area contributed by atoms with E-state index in [1.54, 1.807) is 24.3 Å². The van der Waals surface area contributed by atoms with E-state index < -0.39 is 23.5 Å². The van der Waals surface area contributed by atoms with Crippen molar-refractivity contribution in [2.45, 2.75) is 19.8 Å². The Hall–Kier alpha value is -3.46. The molecule has 0 radical (unpaired) electrons. The van der Waals surface area contributed by atoms with Crippen molar-refractivity contribution in [1.29, 1.82) is 0 Å². The zero-order valence-corrected chi connectivity index (χ0v) is 17.5. The highest BCUT2D eigenvalue weighted by molar-refractivity contribution is 6.35. The van der Waals surface area contributed by atoms with Crippen LogP contribution in [0.1, 0.15) is 25.3 Å². The molecule has 0 atom stereocenters. The minimum Gasteiger partial charge on any atom is -0.484 e. The molecule has 8 nitrogen and oxygen atoms in total. The third-order valence-corrected chi connectivity index (χ3v) is 4.12. The average molecular weight is 449 g/mol. The summed E-state index contributed by atoms with van der Waals surface area (Å²) in [6.07, 6.45) is 3.02. The Labute approximate surface area is 183 Å². The Morgan fingerprint density at radius 1 is 1.16 bits per heavy atom. The molecule has 0 fully saturated rings. The van der Waals surface area contributed by atoms with Crippen molar-refractivity contribution < 1.29 is 23.5 Å². The standard InChI is InChI=1S/C21H22ClFN4O4/c1-2-3-9-24-20(29)21(30)27-25-12-14-5-4-6-16(10-14)31-13-19(28)26-15-7-8-18(23)17(22)11-15/h4-8,10-12H,2-3,9,13H2,1H3,(H,24,29)(H,26,28)(H,27,30)/b25-12-. The highest BCUT2D eigenvalue weighted by Gasteiger charge is 2.11. The highest BCUT2D eigenvalue weighted by atomic mass is 35.5. The van der Waals surface area contributed by atoms with Gasteiger partial charge in [0, 0.05) is 12.2 Å². The molecule has 0 heterocycles. The normalized spacial score (nSPS) is 10.5. The molecule has 31 heavy (non-hydrogen) atoms. The summed E-state index contributed by atoms with van der Waals surface area (Å²) in [4.78, 5) is 35.2. The zero-order valence-electron chi connectivity index (χ0n) is 16.8. The molecule has 0 saturated heterocycles. The fourth-order valence-electron chi connectivity index (χ4n) is 2.28. The Balaban J connectivity index is 1.82. The van der Waals surface area contributed by atoms with Crippen molar-refractivity contribution in [3.05, 3.63) is 58.9 Å². The number of rotatable bonds is 9. The molecule has 2 aromatic carbocycles. The minimum atomic E-state index is -0.864. The summed E-state index contributed by atoms with van der Waals surface area (Å²) in [7, 11) is 0. The van der Waals surface area contributed by atoms with Gasteiger partial charge in [0.1, 0.15) is 11.6 Å². The van der Waals surface area contributed by atoms with Gasteiger partial charge in [-0.1, -0.05) is 37.1 Å². The summed E-state index contributed by atoms with van der Waals surface area (Å²) in [5.74, 6) is -2.26. The lowest BCUT2D eigenvalue weighted by molar-refractivity contribution is -0.139. The maximum absolute atomic E-state index is 13.2. The van der Waals surface area contributed by atoms with E-state index in [9.17, 15) is 18.8 Å². The monoisotopic (exact) mass is 448 g/mol. The minimum absolute atomic E-state index is 0.101. The lowest BCUT2D eigenvalue weighted by atomic mass is 10.2. The van der Waals surface area contributed by atoms with Crippen molar-refractivity contribution in [3.8, 4) is 5.75 Å². The molecule has 2 aromatic rings. The van der Waals surface area contributed by atoms with Crippen LogP contribution in [0.4, 0.5) is 10.1 Å². The van der Waals surface area contributed by atoms with E-state index in [1.807, 2.05) is 6.92 Å². The summed E-state index contributed by atoms with van der Waals surface area (Å²) in [5, 5.41) is 8.66. The van der Waals surface area contributed by atoms with Gasteiger partial charge >= 0.3 is 11.8 Å². The molecule has 0 aliphatic carbocycles. The number of ether oxygens (including phenoxy) is 1. The number of carbonyl (C=O) groups excluding carboxylic acids is 3. The first-order chi connectivity index (χ1) is 14.9. The molecule has 0 aromatic heterocycles. The summed E-state index contributed by atoms with van der Waals surface area (Å²) in [6.45, 7) is 2.11. The summed E-state index contributed by atoms with van der Waals surface area (Å²) in [6, 6.07) is 10.4. The number of amides is 3. The number of anilines is 1. The van der Waals surface area contributed by atoms with Crippen LogP contribution < -0.4 is 20.8 Å². The van der Waals surface area contributed by atoms with Gasteiger partial charge in [0.05, 0.1) is 11.2 Å². The number of hydrogen-bond acceptors (Lipinski definition) is 5. The van der Waals surface area contributed by atoms with Crippen molar-refractivity contribution in [2.24, 2.45) is 5.10 Å². The quantitative estimate of drug-likeness (QED) is 0.237. The van der Waals surface area contributed by atoms with Crippen molar-refractivity contribution >= 4 is 41.2 Å². The van der Waals surface area contributed by atoms with E-state index in [0.29, 0.717) is 23.5 Å². The molecule has 0 unspecified atom stereocenters. The van der Waals surface area contributed by atoms with Gasteiger partial charge in [-0.3, -0.25) is 14.4 Å². The second-order valence-corrected chi connectivity index (χ2v) is 6.75. The number of nitrogens with one attached hydrogen (secondary N) is 3. The maximum Gasteiger partial charge on any atom is 0.329 e. The SMILES string of the molecule is CCCCNC(=O)C(=O)N/N=C\c1cccc(OCC(=O)Nc2ccc(F)c(Cl)c2)c1. The number of benzene rings is 2. The lowest BCUT2D eigenvalue weighted by Crippen LogP contribution is -2.38. The van der Waals surface area contributed by atoms with Gasteiger partial charge in [0.15, 0.2) is 6.61 Å². The number of hydrazone groups is 1. The number of hydrogen-bond donors (Lipinski definition) is 3. The molecule has 164 valence electrons. The van der Waals surface area contributed by atoms with Crippen molar-refractivity contribution in [2.75, 3.05) is 18.5 Å². The topological polar surface area (TPSA) is 109 Å². The smallest absolute Gasteiger partial charge is 0.329 e. The third-order valence-electron chi connectivity index (χ3n) is 3.83. The van der Waals surface area contributed by atoms with Crippen LogP contribution in [0.25, 0.3) is 0 Å². The average Bonchev–Trinajstić information content (AvgIpc) is 2.75. The molecular weight excluding hydrogens is 427 g/mol.